The molecule has 0 aromatic carbocycles. The lowest BCUT2D eigenvalue weighted by molar-refractivity contribution is -0.127. The number of aromatic nitrogens is 1. The Kier molecular flexibility index (Phi) is 5.50. The van der Waals surface area contributed by atoms with E-state index < -0.39 is 0 Å². The molecule has 3 N–H and O–H groups in total. The zero-order valence-corrected chi connectivity index (χ0v) is 14.6. The highest BCUT2D eigenvalue weighted by Crippen LogP contribution is 2.19. The van der Waals surface area contributed by atoms with Crippen LogP contribution >= 0.6 is 11.3 Å². The lowest BCUT2D eigenvalue weighted by Gasteiger charge is -2.37. The molecule has 0 radical (unpaired) electrons. The van der Waals surface area contributed by atoms with Crippen LogP contribution in [-0.4, -0.2) is 59.0 Å². The molecule has 0 bridgehead atoms. The van der Waals surface area contributed by atoms with E-state index in [-0.39, 0.29) is 11.9 Å². The summed E-state index contributed by atoms with van der Waals surface area (Å²) in [5.41, 5.74) is 5.68. The number of hydrogen-bond donors (Lipinski definition) is 2. The van der Waals surface area contributed by atoms with E-state index in [0.717, 1.165) is 45.6 Å². The Morgan fingerprint density at radius 3 is 2.70 bits per heavy atom. The second-order valence-electron chi connectivity index (χ2n) is 6.64. The van der Waals surface area contributed by atoms with E-state index in [9.17, 15) is 4.79 Å². The lowest BCUT2D eigenvalue weighted by Crippen LogP contribution is -2.54. The molecule has 128 valence electrons. The van der Waals surface area contributed by atoms with Crippen molar-refractivity contribution in [3.8, 4) is 0 Å². The Hall–Kier alpha value is -1.18. The van der Waals surface area contributed by atoms with Crippen LogP contribution in [0, 0.1) is 0 Å². The van der Waals surface area contributed by atoms with Gasteiger partial charge in [-0.2, -0.15) is 0 Å². The van der Waals surface area contributed by atoms with Crippen LogP contribution in [0.1, 0.15) is 37.5 Å². The summed E-state index contributed by atoms with van der Waals surface area (Å²) in [5, 5.41) is 3.85. The molecule has 1 aromatic heterocycles. The molecular formula is C16H27N5OS. The maximum atomic E-state index is 12.4. The van der Waals surface area contributed by atoms with Crippen molar-refractivity contribution in [2.75, 3.05) is 31.9 Å². The first-order chi connectivity index (χ1) is 11.1. The van der Waals surface area contributed by atoms with Crippen molar-refractivity contribution in [2.24, 2.45) is 0 Å². The van der Waals surface area contributed by atoms with E-state index >= 15 is 0 Å². The average Bonchev–Trinajstić information content (AvgIpc) is 3.19. The summed E-state index contributed by atoms with van der Waals surface area (Å²) in [5.74, 6) is 0.195. The standard InChI is InChI=1S/C16H27N5OS/c1-12(15(22)19-13-4-2-3-5-13)21-8-6-20(7-9-21)11-14-10-18-16(17)23-14/h10,12-13H,2-9,11H2,1H3,(H2,17,18)(H,19,22). The Bertz CT molecular complexity index is 520. The maximum Gasteiger partial charge on any atom is 0.237 e. The molecule has 23 heavy (non-hydrogen) atoms. The number of carbonyl (C=O) groups is 1. The zero-order valence-electron chi connectivity index (χ0n) is 13.8. The molecule has 2 fully saturated rings. The normalized spacial score (nSPS) is 22.3. The van der Waals surface area contributed by atoms with Crippen molar-refractivity contribution in [1.29, 1.82) is 0 Å². The molecule has 6 nitrogen and oxygen atoms in total. The quantitative estimate of drug-likeness (QED) is 0.847. The highest BCUT2D eigenvalue weighted by Gasteiger charge is 2.27. The third-order valence-corrected chi connectivity index (χ3v) is 5.80. The van der Waals surface area contributed by atoms with Crippen molar-refractivity contribution >= 4 is 22.4 Å². The van der Waals surface area contributed by atoms with Gasteiger partial charge in [-0.15, -0.1) is 11.3 Å². The van der Waals surface area contributed by atoms with Crippen LogP contribution in [0.5, 0.6) is 0 Å². The smallest absolute Gasteiger partial charge is 0.237 e. The van der Waals surface area contributed by atoms with Gasteiger partial charge in [-0.25, -0.2) is 4.98 Å². The highest BCUT2D eigenvalue weighted by atomic mass is 32.1. The van der Waals surface area contributed by atoms with Crippen LogP contribution < -0.4 is 11.1 Å². The molecule has 2 aliphatic rings. The fourth-order valence-corrected chi connectivity index (χ4v) is 4.21. The van der Waals surface area contributed by atoms with Crippen LogP contribution in [0.4, 0.5) is 5.13 Å². The number of nitrogens with one attached hydrogen (secondary N) is 1. The number of carbonyl (C=O) groups excluding carboxylic acids is 1. The third kappa shape index (κ3) is 4.43. The number of nitrogens with two attached hydrogens (primary N) is 1. The van der Waals surface area contributed by atoms with Crippen molar-refractivity contribution in [3.63, 3.8) is 0 Å². The SMILES string of the molecule is CC(C(=O)NC1CCCC1)N1CCN(Cc2cnc(N)s2)CC1. The fraction of sp³-hybridized carbons (Fsp3) is 0.750. The van der Waals surface area contributed by atoms with Gasteiger partial charge in [-0.05, 0) is 19.8 Å². The predicted molar refractivity (Wildman–Crippen MR) is 93.2 cm³/mol. The summed E-state index contributed by atoms with van der Waals surface area (Å²) >= 11 is 1.56. The van der Waals surface area contributed by atoms with Gasteiger partial charge in [0, 0.05) is 49.8 Å². The first-order valence-corrected chi connectivity index (χ1v) is 9.40. The van der Waals surface area contributed by atoms with Gasteiger partial charge < -0.3 is 11.1 Å². The minimum Gasteiger partial charge on any atom is -0.375 e. The van der Waals surface area contributed by atoms with Gasteiger partial charge in [0.05, 0.1) is 6.04 Å². The van der Waals surface area contributed by atoms with E-state index in [2.05, 4.69) is 20.1 Å². The molecule has 1 aliphatic heterocycles. The lowest BCUT2D eigenvalue weighted by atomic mass is 10.2. The van der Waals surface area contributed by atoms with Crippen LogP contribution in [-0.2, 0) is 11.3 Å². The van der Waals surface area contributed by atoms with Gasteiger partial charge in [-0.3, -0.25) is 14.6 Å². The molecule has 0 spiro atoms. The van der Waals surface area contributed by atoms with Gasteiger partial charge in [0.25, 0.3) is 0 Å². The Labute approximate surface area is 142 Å². The Balaban J connectivity index is 1.43. The molecule has 7 heteroatoms. The van der Waals surface area contributed by atoms with Gasteiger partial charge in [0.2, 0.25) is 5.91 Å². The van der Waals surface area contributed by atoms with E-state index in [1.807, 2.05) is 13.1 Å². The number of amides is 1. The van der Waals surface area contributed by atoms with Crippen LogP contribution in [0.2, 0.25) is 0 Å². The van der Waals surface area contributed by atoms with Crippen molar-refractivity contribution < 1.29 is 4.79 Å². The average molecular weight is 337 g/mol. The van der Waals surface area contributed by atoms with Crippen molar-refractivity contribution in [1.82, 2.24) is 20.1 Å². The first-order valence-electron chi connectivity index (χ1n) is 8.59. The number of nitrogens with zero attached hydrogens (tertiary/aromatic N) is 3. The molecule has 1 atom stereocenters. The summed E-state index contributed by atoms with van der Waals surface area (Å²) in [6.07, 6.45) is 6.65. The molecule has 1 aromatic rings. The molecule has 1 amide bonds. The van der Waals surface area contributed by atoms with Crippen LogP contribution in [0.15, 0.2) is 6.20 Å². The van der Waals surface area contributed by atoms with E-state index in [1.165, 1.54) is 17.7 Å². The minimum atomic E-state index is -0.0307. The zero-order chi connectivity index (χ0) is 16.2. The van der Waals surface area contributed by atoms with Crippen molar-refractivity contribution in [2.45, 2.75) is 51.2 Å². The largest absolute Gasteiger partial charge is 0.375 e. The van der Waals surface area contributed by atoms with E-state index in [4.69, 9.17) is 5.73 Å². The summed E-state index contributed by atoms with van der Waals surface area (Å²) in [6, 6.07) is 0.375. The van der Waals surface area contributed by atoms with Crippen LogP contribution in [0.25, 0.3) is 0 Å². The van der Waals surface area contributed by atoms with Gasteiger partial charge in [0.15, 0.2) is 5.13 Å². The highest BCUT2D eigenvalue weighted by molar-refractivity contribution is 7.15. The molecular weight excluding hydrogens is 310 g/mol. The van der Waals surface area contributed by atoms with E-state index in [0.29, 0.717) is 11.2 Å². The Morgan fingerprint density at radius 2 is 2.09 bits per heavy atom. The monoisotopic (exact) mass is 337 g/mol. The third-order valence-electron chi connectivity index (χ3n) is 4.99. The molecule has 1 unspecified atom stereocenters. The summed E-state index contributed by atoms with van der Waals surface area (Å²) in [4.78, 5) is 22.4. The number of thiazole rings is 1. The summed E-state index contributed by atoms with van der Waals surface area (Å²) in [7, 11) is 0. The number of rotatable bonds is 5. The first kappa shape index (κ1) is 16.7. The van der Waals surface area contributed by atoms with E-state index in [1.54, 1.807) is 11.3 Å². The number of nitrogen functional groups attached to an aromatic ring is 1. The molecule has 2 heterocycles. The Morgan fingerprint density at radius 1 is 1.39 bits per heavy atom. The fourth-order valence-electron chi connectivity index (χ4n) is 3.48. The van der Waals surface area contributed by atoms with Gasteiger partial charge in [0.1, 0.15) is 0 Å². The number of piperazine rings is 1. The molecule has 1 saturated carbocycles. The summed E-state index contributed by atoms with van der Waals surface area (Å²) in [6.45, 7) is 6.79. The van der Waals surface area contributed by atoms with Crippen LogP contribution in [0.3, 0.4) is 0 Å². The second kappa shape index (κ2) is 7.59. The predicted octanol–water partition coefficient (Wildman–Crippen LogP) is 1.29. The van der Waals surface area contributed by atoms with Gasteiger partial charge in [-0.1, -0.05) is 12.8 Å². The molecule has 1 saturated heterocycles. The minimum absolute atomic E-state index is 0.0307. The molecule has 1 aliphatic carbocycles. The molecule has 3 rings (SSSR count). The second-order valence-corrected chi connectivity index (χ2v) is 7.79. The van der Waals surface area contributed by atoms with Gasteiger partial charge >= 0.3 is 0 Å². The van der Waals surface area contributed by atoms with Crippen molar-refractivity contribution in [3.05, 3.63) is 11.1 Å². The number of hydrogen-bond acceptors (Lipinski definition) is 6. The maximum absolute atomic E-state index is 12.4. The number of anilines is 1. The topological polar surface area (TPSA) is 74.5 Å². The summed E-state index contributed by atoms with van der Waals surface area (Å²) < 4.78 is 0.